The molecule has 0 bridgehead atoms. The quantitative estimate of drug-likeness (QED) is 0.924. The van der Waals surface area contributed by atoms with Crippen molar-refractivity contribution in [2.75, 3.05) is 0 Å². The molecule has 0 radical (unpaired) electrons. The van der Waals surface area contributed by atoms with E-state index < -0.39 is 23.0 Å². The van der Waals surface area contributed by atoms with E-state index in [2.05, 4.69) is 0 Å². The Morgan fingerprint density at radius 2 is 1.24 bits per heavy atom. The molecule has 0 aliphatic carbocycles. The van der Waals surface area contributed by atoms with E-state index in [0.29, 0.717) is 11.1 Å². The molecular weight excluding hydrogens is 274 g/mol. The van der Waals surface area contributed by atoms with Gasteiger partial charge in [-0.25, -0.2) is 8.78 Å². The van der Waals surface area contributed by atoms with Crippen molar-refractivity contribution in [3.05, 3.63) is 71.3 Å². The first kappa shape index (κ1) is 15.2. The number of carboxylic acids is 1. The number of hydrogen-bond donors (Lipinski definition) is 1. The van der Waals surface area contributed by atoms with Crippen molar-refractivity contribution in [1.29, 1.82) is 0 Å². The van der Waals surface area contributed by atoms with Gasteiger partial charge >= 0.3 is 5.97 Å². The van der Waals surface area contributed by atoms with Crippen LogP contribution >= 0.6 is 0 Å². The minimum atomic E-state index is -1.35. The number of aliphatic carboxylic acids is 1. The first-order valence-electron chi connectivity index (χ1n) is 6.64. The first-order valence-corrected chi connectivity index (χ1v) is 6.64. The summed E-state index contributed by atoms with van der Waals surface area (Å²) in [5.41, 5.74) is -0.405. The Hall–Kier alpha value is -2.23. The predicted octanol–water partition coefficient (Wildman–Crippen LogP) is 3.99. The molecule has 0 spiro atoms. The largest absolute Gasteiger partial charge is 0.480 e. The van der Waals surface area contributed by atoms with Crippen molar-refractivity contribution in [3.8, 4) is 0 Å². The zero-order chi connectivity index (χ0) is 15.6. The number of hydrogen-bond acceptors (Lipinski definition) is 1. The van der Waals surface area contributed by atoms with Crippen molar-refractivity contribution in [2.45, 2.75) is 19.3 Å². The van der Waals surface area contributed by atoms with Crippen LogP contribution in [0.5, 0.6) is 0 Å². The van der Waals surface area contributed by atoms with Gasteiger partial charge in [0.05, 0.1) is 0 Å². The molecule has 0 fully saturated rings. The molecule has 0 amide bonds. The van der Waals surface area contributed by atoms with E-state index in [-0.39, 0.29) is 5.92 Å². The number of benzene rings is 2. The minimum absolute atomic E-state index is 0.300. The minimum Gasteiger partial charge on any atom is -0.480 e. The van der Waals surface area contributed by atoms with Crippen molar-refractivity contribution in [2.24, 2.45) is 5.92 Å². The maximum Gasteiger partial charge on any atom is 0.318 e. The van der Waals surface area contributed by atoms with Gasteiger partial charge < -0.3 is 5.11 Å². The summed E-state index contributed by atoms with van der Waals surface area (Å²) in [7, 11) is 0. The Balaban J connectivity index is 2.72. The van der Waals surface area contributed by atoms with Gasteiger partial charge in [0.15, 0.2) is 0 Å². The molecule has 110 valence electrons. The van der Waals surface area contributed by atoms with Crippen molar-refractivity contribution >= 4 is 5.97 Å². The Morgan fingerprint density at radius 3 is 1.48 bits per heavy atom. The molecule has 0 aromatic heterocycles. The summed E-state index contributed by atoms with van der Waals surface area (Å²) in [5, 5.41) is 9.85. The zero-order valence-electron chi connectivity index (χ0n) is 11.8. The first-order chi connectivity index (χ1) is 9.88. The monoisotopic (exact) mass is 290 g/mol. The van der Waals surface area contributed by atoms with Crippen LogP contribution in [-0.4, -0.2) is 11.1 Å². The second kappa shape index (κ2) is 5.64. The van der Waals surface area contributed by atoms with Crippen LogP contribution in [-0.2, 0) is 10.2 Å². The SMILES string of the molecule is CC(C)C(C(=O)O)(c1ccc(F)cc1)c1ccc(F)cc1. The molecule has 0 unspecified atom stereocenters. The highest BCUT2D eigenvalue weighted by Gasteiger charge is 2.45. The van der Waals surface area contributed by atoms with E-state index in [1.807, 2.05) is 0 Å². The van der Waals surface area contributed by atoms with Crippen LogP contribution in [0.3, 0.4) is 0 Å². The van der Waals surface area contributed by atoms with Crippen LogP contribution in [0.2, 0.25) is 0 Å². The maximum atomic E-state index is 13.1. The van der Waals surface area contributed by atoms with Gasteiger partial charge in [-0.1, -0.05) is 38.1 Å². The molecule has 0 saturated carbocycles. The van der Waals surface area contributed by atoms with Crippen LogP contribution in [0.15, 0.2) is 48.5 Å². The molecule has 2 aromatic rings. The van der Waals surface area contributed by atoms with Crippen LogP contribution in [0.4, 0.5) is 8.78 Å². The molecule has 0 heterocycles. The molecule has 0 aliphatic rings. The second-order valence-electron chi connectivity index (χ2n) is 5.28. The number of rotatable bonds is 4. The molecule has 2 aromatic carbocycles. The molecule has 2 rings (SSSR count). The van der Waals surface area contributed by atoms with Gasteiger partial charge in [0.2, 0.25) is 0 Å². The van der Waals surface area contributed by atoms with E-state index in [4.69, 9.17) is 0 Å². The fourth-order valence-corrected chi connectivity index (χ4v) is 2.75. The van der Waals surface area contributed by atoms with Gasteiger partial charge in [-0.15, -0.1) is 0 Å². The fourth-order valence-electron chi connectivity index (χ4n) is 2.75. The van der Waals surface area contributed by atoms with Gasteiger partial charge in [0.1, 0.15) is 17.0 Å². The van der Waals surface area contributed by atoms with Gasteiger partial charge in [-0.2, -0.15) is 0 Å². The smallest absolute Gasteiger partial charge is 0.318 e. The van der Waals surface area contributed by atoms with E-state index in [9.17, 15) is 18.7 Å². The van der Waals surface area contributed by atoms with Crippen LogP contribution in [0.25, 0.3) is 0 Å². The number of halogens is 2. The van der Waals surface area contributed by atoms with E-state index in [1.54, 1.807) is 13.8 Å². The third-order valence-electron chi connectivity index (χ3n) is 3.80. The predicted molar refractivity (Wildman–Crippen MR) is 76.1 cm³/mol. The summed E-state index contributed by atoms with van der Waals surface area (Å²) in [4.78, 5) is 12.0. The zero-order valence-corrected chi connectivity index (χ0v) is 11.8. The van der Waals surface area contributed by atoms with Crippen molar-refractivity contribution < 1.29 is 18.7 Å². The lowest BCUT2D eigenvalue weighted by molar-refractivity contribution is -0.143. The molecule has 1 N–H and O–H groups in total. The van der Waals surface area contributed by atoms with E-state index >= 15 is 0 Å². The highest BCUT2D eigenvalue weighted by molar-refractivity contribution is 5.86. The second-order valence-corrected chi connectivity index (χ2v) is 5.28. The lowest BCUT2D eigenvalue weighted by atomic mass is 9.67. The van der Waals surface area contributed by atoms with Crippen LogP contribution in [0, 0.1) is 17.6 Å². The van der Waals surface area contributed by atoms with Gasteiger partial charge in [0, 0.05) is 0 Å². The van der Waals surface area contributed by atoms with Gasteiger partial charge in [-0.3, -0.25) is 4.79 Å². The molecule has 0 atom stereocenters. The normalized spacial score (nSPS) is 11.7. The summed E-state index contributed by atoms with van der Waals surface area (Å²) in [5.74, 6) is -2.21. The van der Waals surface area contributed by atoms with Crippen LogP contribution in [0.1, 0.15) is 25.0 Å². The lowest BCUT2D eigenvalue weighted by Crippen LogP contribution is -2.42. The average molecular weight is 290 g/mol. The van der Waals surface area contributed by atoms with Gasteiger partial charge in [-0.05, 0) is 41.3 Å². The lowest BCUT2D eigenvalue weighted by Gasteiger charge is -2.34. The Labute approximate surface area is 122 Å². The summed E-state index contributed by atoms with van der Waals surface area (Å²) < 4.78 is 26.3. The van der Waals surface area contributed by atoms with Gasteiger partial charge in [0.25, 0.3) is 0 Å². The topological polar surface area (TPSA) is 37.3 Å². The Bertz CT molecular complexity index is 585. The molecule has 0 aliphatic heterocycles. The summed E-state index contributed by atoms with van der Waals surface area (Å²) in [6, 6.07) is 10.8. The maximum absolute atomic E-state index is 13.1. The van der Waals surface area contributed by atoms with Crippen molar-refractivity contribution in [3.63, 3.8) is 0 Å². The third-order valence-corrected chi connectivity index (χ3v) is 3.80. The van der Waals surface area contributed by atoms with Crippen molar-refractivity contribution in [1.82, 2.24) is 0 Å². The van der Waals surface area contributed by atoms with E-state index in [1.165, 1.54) is 48.5 Å². The number of carboxylic acid groups (broad SMARTS) is 1. The Kier molecular flexibility index (Phi) is 4.07. The number of carbonyl (C=O) groups is 1. The fraction of sp³-hybridized carbons (Fsp3) is 0.235. The van der Waals surface area contributed by atoms with Crippen LogP contribution < -0.4 is 0 Å². The standard InChI is InChI=1S/C17H16F2O2/c1-11(2)17(16(20)21,12-3-7-14(18)8-4-12)13-5-9-15(19)10-6-13/h3-11H,1-2H3,(H,20,21). The molecule has 4 heteroatoms. The highest BCUT2D eigenvalue weighted by Crippen LogP contribution is 2.39. The summed E-state index contributed by atoms with van der Waals surface area (Å²) in [6.07, 6.45) is 0. The summed E-state index contributed by atoms with van der Waals surface area (Å²) in [6.45, 7) is 3.56. The average Bonchev–Trinajstić information content (AvgIpc) is 2.43. The molecule has 2 nitrogen and oxygen atoms in total. The summed E-state index contributed by atoms with van der Waals surface area (Å²) >= 11 is 0. The van der Waals surface area contributed by atoms with E-state index in [0.717, 1.165) is 0 Å². The molecule has 0 saturated heterocycles. The third kappa shape index (κ3) is 2.53. The molecule has 21 heavy (non-hydrogen) atoms. The Morgan fingerprint density at radius 1 is 0.905 bits per heavy atom. The molecular formula is C17H16F2O2. The highest BCUT2D eigenvalue weighted by atomic mass is 19.1.